The monoisotopic (exact) mass is 251 g/mol. The summed E-state index contributed by atoms with van der Waals surface area (Å²) in [6, 6.07) is -0.813. The van der Waals surface area contributed by atoms with Crippen LogP contribution in [-0.4, -0.2) is 34.8 Å². The van der Waals surface area contributed by atoms with Crippen LogP contribution in [0.5, 0.6) is 0 Å². The van der Waals surface area contributed by atoms with E-state index < -0.39 is 23.5 Å². The Bertz CT molecular complexity index is 516. The standard InChI is InChI=1S/C13H14FNO3/c1-7(16)10-11(15(2)13(18)12(10)17)8-5-3-4-6-9(8)14/h3,5,11,17H,4,6H2,1-2H3. The molecular weight excluding hydrogens is 237 g/mol. The minimum absolute atomic E-state index is 0.0285. The van der Waals surface area contributed by atoms with Crippen molar-refractivity contribution in [3.8, 4) is 0 Å². The summed E-state index contributed by atoms with van der Waals surface area (Å²) in [5.41, 5.74) is 0.255. The van der Waals surface area contributed by atoms with Gasteiger partial charge in [0, 0.05) is 19.0 Å². The summed E-state index contributed by atoms with van der Waals surface area (Å²) in [7, 11) is 1.45. The number of ketones is 1. The Balaban J connectivity index is 2.53. The van der Waals surface area contributed by atoms with Crippen LogP contribution in [0.15, 0.2) is 34.9 Å². The lowest BCUT2D eigenvalue weighted by Gasteiger charge is -2.24. The van der Waals surface area contributed by atoms with Crippen molar-refractivity contribution in [2.75, 3.05) is 7.05 Å². The summed E-state index contributed by atoms with van der Waals surface area (Å²) in [5, 5.41) is 9.68. The number of aliphatic hydroxyl groups is 1. The molecule has 18 heavy (non-hydrogen) atoms. The maximum atomic E-state index is 13.8. The van der Waals surface area contributed by atoms with E-state index in [0.29, 0.717) is 6.42 Å². The van der Waals surface area contributed by atoms with E-state index >= 15 is 0 Å². The Morgan fingerprint density at radius 2 is 2.22 bits per heavy atom. The van der Waals surface area contributed by atoms with Gasteiger partial charge in [-0.1, -0.05) is 12.2 Å². The second-order valence-electron chi connectivity index (χ2n) is 4.44. The van der Waals surface area contributed by atoms with E-state index in [0.717, 1.165) is 0 Å². The molecule has 5 heteroatoms. The lowest BCUT2D eigenvalue weighted by atomic mass is 9.92. The van der Waals surface area contributed by atoms with E-state index in [-0.39, 0.29) is 23.4 Å². The van der Waals surface area contributed by atoms with Crippen LogP contribution in [0, 0.1) is 0 Å². The topological polar surface area (TPSA) is 57.6 Å². The van der Waals surface area contributed by atoms with Crippen LogP contribution in [0.2, 0.25) is 0 Å². The third-order valence-corrected chi connectivity index (χ3v) is 3.25. The minimum Gasteiger partial charge on any atom is -0.503 e. The molecule has 1 amide bonds. The van der Waals surface area contributed by atoms with Gasteiger partial charge in [-0.3, -0.25) is 9.59 Å². The maximum absolute atomic E-state index is 13.8. The molecule has 0 aromatic carbocycles. The molecule has 0 aromatic heterocycles. The number of Topliss-reactive ketones (excluding diaryl/α,β-unsaturated/α-hetero) is 1. The molecule has 0 saturated heterocycles. The van der Waals surface area contributed by atoms with Crippen molar-refractivity contribution in [1.82, 2.24) is 4.90 Å². The number of hydrogen-bond donors (Lipinski definition) is 1. The number of nitrogens with zero attached hydrogens (tertiary/aromatic N) is 1. The van der Waals surface area contributed by atoms with E-state index in [9.17, 15) is 19.1 Å². The van der Waals surface area contributed by atoms with E-state index in [1.54, 1.807) is 12.2 Å². The summed E-state index contributed by atoms with van der Waals surface area (Å²) in [6.45, 7) is 1.26. The van der Waals surface area contributed by atoms with Gasteiger partial charge in [-0.2, -0.15) is 0 Å². The van der Waals surface area contributed by atoms with Gasteiger partial charge in [-0.05, 0) is 13.3 Å². The van der Waals surface area contributed by atoms with Crippen molar-refractivity contribution in [2.45, 2.75) is 25.8 Å². The van der Waals surface area contributed by atoms with Crippen LogP contribution in [0.1, 0.15) is 19.8 Å². The molecule has 0 fully saturated rings. The summed E-state index contributed by atoms with van der Waals surface area (Å²) in [6.07, 6.45) is 4.24. The second-order valence-corrected chi connectivity index (χ2v) is 4.44. The van der Waals surface area contributed by atoms with Crippen molar-refractivity contribution in [1.29, 1.82) is 0 Å². The summed E-state index contributed by atoms with van der Waals surface area (Å²) < 4.78 is 13.8. The van der Waals surface area contributed by atoms with E-state index in [2.05, 4.69) is 0 Å². The highest BCUT2D eigenvalue weighted by molar-refractivity contribution is 6.08. The molecule has 96 valence electrons. The number of rotatable bonds is 2. The van der Waals surface area contributed by atoms with Gasteiger partial charge in [0.1, 0.15) is 5.83 Å². The van der Waals surface area contributed by atoms with Crippen molar-refractivity contribution in [3.05, 3.63) is 34.9 Å². The van der Waals surface area contributed by atoms with Gasteiger partial charge < -0.3 is 10.0 Å². The molecule has 0 radical (unpaired) electrons. The molecule has 0 spiro atoms. The highest BCUT2D eigenvalue weighted by atomic mass is 19.1. The number of amides is 1. The predicted octanol–water partition coefficient (Wildman–Crippen LogP) is 1.80. The van der Waals surface area contributed by atoms with Gasteiger partial charge in [-0.15, -0.1) is 0 Å². The fraction of sp³-hybridized carbons (Fsp3) is 0.385. The lowest BCUT2D eigenvalue weighted by molar-refractivity contribution is -0.127. The SMILES string of the molecule is CC(=O)C1=C(O)C(=O)N(C)C1C1=C(F)CCC=C1. The molecule has 2 aliphatic rings. The van der Waals surface area contributed by atoms with Crippen molar-refractivity contribution >= 4 is 11.7 Å². The average molecular weight is 251 g/mol. The van der Waals surface area contributed by atoms with E-state index in [1.807, 2.05) is 0 Å². The fourth-order valence-electron chi connectivity index (χ4n) is 2.34. The molecule has 0 aromatic rings. The Labute approximate surface area is 104 Å². The Morgan fingerprint density at radius 3 is 2.78 bits per heavy atom. The lowest BCUT2D eigenvalue weighted by Crippen LogP contribution is -2.34. The number of halogens is 1. The van der Waals surface area contributed by atoms with Crippen LogP contribution < -0.4 is 0 Å². The summed E-state index contributed by atoms with van der Waals surface area (Å²) in [4.78, 5) is 24.4. The molecule has 4 nitrogen and oxygen atoms in total. The van der Waals surface area contributed by atoms with Gasteiger partial charge in [-0.25, -0.2) is 4.39 Å². The van der Waals surface area contributed by atoms with Crippen LogP contribution >= 0.6 is 0 Å². The number of allylic oxidation sites excluding steroid dienone is 2. The first-order valence-corrected chi connectivity index (χ1v) is 5.71. The number of carbonyl (C=O) groups is 2. The van der Waals surface area contributed by atoms with Gasteiger partial charge in [0.05, 0.1) is 11.6 Å². The largest absolute Gasteiger partial charge is 0.503 e. The van der Waals surface area contributed by atoms with E-state index in [1.165, 1.54) is 18.9 Å². The number of aliphatic hydroxyl groups excluding tert-OH is 1. The van der Waals surface area contributed by atoms with Gasteiger partial charge in [0.2, 0.25) is 0 Å². The van der Waals surface area contributed by atoms with Crippen LogP contribution in [0.4, 0.5) is 4.39 Å². The summed E-state index contributed by atoms with van der Waals surface area (Å²) >= 11 is 0. The molecule has 1 aliphatic carbocycles. The van der Waals surface area contributed by atoms with Gasteiger partial charge in [0.25, 0.3) is 5.91 Å². The zero-order valence-electron chi connectivity index (χ0n) is 10.2. The number of carbonyl (C=O) groups excluding carboxylic acids is 2. The van der Waals surface area contributed by atoms with Crippen molar-refractivity contribution < 1.29 is 19.1 Å². The molecule has 1 unspecified atom stereocenters. The third-order valence-electron chi connectivity index (χ3n) is 3.25. The zero-order valence-corrected chi connectivity index (χ0v) is 10.2. The van der Waals surface area contributed by atoms with Gasteiger partial charge in [0.15, 0.2) is 11.5 Å². The smallest absolute Gasteiger partial charge is 0.289 e. The summed E-state index contributed by atoms with van der Waals surface area (Å²) in [5.74, 6) is -1.98. The quantitative estimate of drug-likeness (QED) is 0.814. The molecule has 0 saturated carbocycles. The molecule has 1 atom stereocenters. The molecule has 2 rings (SSSR count). The first kappa shape index (κ1) is 12.5. The minimum atomic E-state index is -0.813. The van der Waals surface area contributed by atoms with Crippen molar-refractivity contribution in [2.24, 2.45) is 0 Å². The number of hydrogen-bond acceptors (Lipinski definition) is 3. The fourth-order valence-corrected chi connectivity index (χ4v) is 2.34. The van der Waals surface area contributed by atoms with Crippen LogP contribution in [0.25, 0.3) is 0 Å². The Morgan fingerprint density at radius 1 is 1.56 bits per heavy atom. The van der Waals surface area contributed by atoms with Gasteiger partial charge >= 0.3 is 0 Å². The van der Waals surface area contributed by atoms with Crippen LogP contribution in [-0.2, 0) is 9.59 Å². The predicted molar refractivity (Wildman–Crippen MR) is 63.4 cm³/mol. The highest BCUT2D eigenvalue weighted by Crippen LogP contribution is 2.34. The highest BCUT2D eigenvalue weighted by Gasteiger charge is 2.41. The molecule has 0 bridgehead atoms. The zero-order chi connectivity index (χ0) is 13.4. The molecule has 1 N–H and O–H groups in total. The first-order valence-electron chi connectivity index (χ1n) is 5.71. The van der Waals surface area contributed by atoms with Crippen molar-refractivity contribution in [3.63, 3.8) is 0 Å². The second kappa shape index (κ2) is 4.40. The molecule has 1 heterocycles. The molecule has 1 aliphatic heterocycles. The number of likely N-dealkylation sites (N-methyl/N-ethyl adjacent to an activating group) is 1. The Kier molecular flexibility index (Phi) is 3.07. The first-order chi connectivity index (χ1) is 8.45. The molecular formula is C13H14FNO3. The Hall–Kier alpha value is -1.91. The van der Waals surface area contributed by atoms with E-state index in [4.69, 9.17) is 0 Å². The maximum Gasteiger partial charge on any atom is 0.289 e. The third kappa shape index (κ3) is 1.75. The average Bonchev–Trinajstić information content (AvgIpc) is 2.54. The normalized spacial score (nSPS) is 24.3. The van der Waals surface area contributed by atoms with Crippen LogP contribution in [0.3, 0.4) is 0 Å².